The molecule has 0 spiro atoms. The minimum absolute atomic E-state index is 0.0215. The van der Waals surface area contributed by atoms with E-state index in [0.29, 0.717) is 17.3 Å². The van der Waals surface area contributed by atoms with Crippen LogP contribution in [-0.4, -0.2) is 39.4 Å². The predicted molar refractivity (Wildman–Crippen MR) is 116 cm³/mol. The number of carbonyl (C=O) groups is 1. The molecule has 10 heteroatoms. The van der Waals surface area contributed by atoms with Crippen molar-refractivity contribution in [2.45, 2.75) is 16.7 Å². The van der Waals surface area contributed by atoms with Crippen LogP contribution >= 0.6 is 0 Å². The number of aromatic hydroxyl groups is 1. The van der Waals surface area contributed by atoms with Crippen molar-refractivity contribution < 1.29 is 18.3 Å². The Morgan fingerprint density at radius 1 is 0.875 bits per heavy atom. The number of benzene rings is 2. The number of aromatic nitrogens is 4. The highest BCUT2D eigenvalue weighted by Crippen LogP contribution is 2.23. The number of sulfone groups is 1. The van der Waals surface area contributed by atoms with Crippen LogP contribution < -0.4 is 5.32 Å². The molecule has 2 N–H and O–H groups in total. The van der Waals surface area contributed by atoms with Gasteiger partial charge in [0, 0.05) is 11.8 Å². The highest BCUT2D eigenvalue weighted by Gasteiger charge is 2.19. The standard InChI is InChI=1S/C22H17N5O4S/c1-14-24-20(19-4-2-3-13-23-19)26-22(25-14)27-21(29)15-5-9-17(10-6-15)32(30,31)18-11-7-16(28)8-12-18/h2-13,28H,1H3,(H,24,25,26,27,29). The fourth-order valence-corrected chi connectivity index (χ4v) is 4.13. The lowest BCUT2D eigenvalue weighted by atomic mass is 10.2. The molecule has 0 atom stereocenters. The van der Waals surface area contributed by atoms with Gasteiger partial charge in [-0.15, -0.1) is 0 Å². The van der Waals surface area contributed by atoms with Crippen LogP contribution in [0.4, 0.5) is 5.95 Å². The van der Waals surface area contributed by atoms with Gasteiger partial charge >= 0.3 is 0 Å². The Morgan fingerprint density at radius 3 is 2.16 bits per heavy atom. The van der Waals surface area contributed by atoms with E-state index in [1.165, 1.54) is 48.5 Å². The summed E-state index contributed by atoms with van der Waals surface area (Å²) in [5.74, 6) is 0.255. The summed E-state index contributed by atoms with van der Waals surface area (Å²) in [5, 5.41) is 12.0. The van der Waals surface area contributed by atoms with E-state index in [4.69, 9.17) is 0 Å². The Hall–Kier alpha value is -4.18. The third kappa shape index (κ3) is 4.44. The van der Waals surface area contributed by atoms with Gasteiger partial charge in [-0.1, -0.05) is 6.07 Å². The molecule has 4 rings (SSSR count). The molecule has 2 aromatic heterocycles. The summed E-state index contributed by atoms with van der Waals surface area (Å²) >= 11 is 0. The van der Waals surface area contributed by atoms with Gasteiger partial charge in [0.1, 0.15) is 17.3 Å². The van der Waals surface area contributed by atoms with Crippen molar-refractivity contribution in [1.82, 2.24) is 19.9 Å². The minimum Gasteiger partial charge on any atom is -0.508 e. The van der Waals surface area contributed by atoms with Crippen molar-refractivity contribution in [3.63, 3.8) is 0 Å². The van der Waals surface area contributed by atoms with Crippen LogP contribution in [-0.2, 0) is 9.84 Å². The van der Waals surface area contributed by atoms with Crippen LogP contribution in [0.2, 0.25) is 0 Å². The molecule has 1 amide bonds. The molecular weight excluding hydrogens is 430 g/mol. The van der Waals surface area contributed by atoms with Crippen molar-refractivity contribution >= 4 is 21.7 Å². The molecule has 9 nitrogen and oxygen atoms in total. The molecule has 2 aromatic carbocycles. The Morgan fingerprint density at radius 2 is 1.53 bits per heavy atom. The number of anilines is 1. The largest absolute Gasteiger partial charge is 0.508 e. The Kier molecular flexibility index (Phi) is 5.61. The first-order chi connectivity index (χ1) is 15.3. The number of amides is 1. The summed E-state index contributed by atoms with van der Waals surface area (Å²) in [7, 11) is -3.78. The number of hydrogen-bond donors (Lipinski definition) is 2. The van der Waals surface area contributed by atoms with Crippen LogP contribution in [0.1, 0.15) is 16.2 Å². The van der Waals surface area contributed by atoms with Gasteiger partial charge in [0.05, 0.1) is 9.79 Å². The molecule has 160 valence electrons. The summed E-state index contributed by atoms with van der Waals surface area (Å²) in [4.78, 5) is 29.5. The number of phenolic OH excluding ortho intramolecular Hbond substituents is 1. The SMILES string of the molecule is Cc1nc(NC(=O)c2ccc(S(=O)(=O)c3ccc(O)cc3)cc2)nc(-c2ccccn2)n1. The summed E-state index contributed by atoms with van der Waals surface area (Å²) in [6, 6.07) is 16.0. The molecule has 0 bridgehead atoms. The van der Waals surface area contributed by atoms with Gasteiger partial charge in [0.25, 0.3) is 5.91 Å². The van der Waals surface area contributed by atoms with Crippen molar-refractivity contribution in [2.24, 2.45) is 0 Å². The van der Waals surface area contributed by atoms with Gasteiger partial charge in [-0.2, -0.15) is 9.97 Å². The molecule has 0 fully saturated rings. The second-order valence-electron chi connectivity index (χ2n) is 6.72. The molecule has 0 aliphatic carbocycles. The lowest BCUT2D eigenvalue weighted by Gasteiger charge is -2.08. The zero-order chi connectivity index (χ0) is 22.7. The van der Waals surface area contributed by atoms with Crippen LogP contribution in [0.15, 0.2) is 82.7 Å². The minimum atomic E-state index is -3.78. The summed E-state index contributed by atoms with van der Waals surface area (Å²) < 4.78 is 25.4. The fraction of sp³-hybridized carbons (Fsp3) is 0.0455. The number of carbonyl (C=O) groups excluding carboxylic acids is 1. The molecule has 0 aliphatic rings. The third-order valence-corrected chi connectivity index (χ3v) is 6.23. The van der Waals surface area contributed by atoms with Crippen LogP contribution in [0, 0.1) is 6.92 Å². The first-order valence-electron chi connectivity index (χ1n) is 9.42. The number of pyridine rings is 1. The molecule has 2 heterocycles. The van der Waals surface area contributed by atoms with Gasteiger partial charge in [0.15, 0.2) is 5.82 Å². The van der Waals surface area contributed by atoms with Crippen molar-refractivity contribution in [3.8, 4) is 17.3 Å². The van der Waals surface area contributed by atoms with Gasteiger partial charge in [-0.25, -0.2) is 13.4 Å². The molecule has 0 saturated carbocycles. The molecule has 0 saturated heterocycles. The fourth-order valence-electron chi connectivity index (χ4n) is 2.87. The number of nitrogens with zero attached hydrogens (tertiary/aromatic N) is 4. The summed E-state index contributed by atoms with van der Waals surface area (Å²) in [6.45, 7) is 1.67. The van der Waals surface area contributed by atoms with E-state index < -0.39 is 15.7 Å². The van der Waals surface area contributed by atoms with E-state index in [0.717, 1.165) is 0 Å². The zero-order valence-electron chi connectivity index (χ0n) is 16.8. The highest BCUT2D eigenvalue weighted by atomic mass is 32.2. The van der Waals surface area contributed by atoms with E-state index in [2.05, 4.69) is 25.3 Å². The van der Waals surface area contributed by atoms with E-state index in [1.807, 2.05) is 0 Å². The second kappa shape index (κ2) is 8.52. The normalized spacial score (nSPS) is 11.2. The van der Waals surface area contributed by atoms with Crippen LogP contribution in [0.5, 0.6) is 5.75 Å². The molecule has 0 unspecified atom stereocenters. The van der Waals surface area contributed by atoms with Crippen LogP contribution in [0.25, 0.3) is 11.5 Å². The number of phenols is 1. The first kappa shape index (κ1) is 21.1. The van der Waals surface area contributed by atoms with Gasteiger partial charge < -0.3 is 5.11 Å². The number of rotatable bonds is 5. The number of hydrogen-bond acceptors (Lipinski definition) is 8. The average Bonchev–Trinajstić information content (AvgIpc) is 2.79. The monoisotopic (exact) mass is 447 g/mol. The van der Waals surface area contributed by atoms with E-state index in [1.54, 1.807) is 31.3 Å². The molecular formula is C22H17N5O4S. The van der Waals surface area contributed by atoms with Gasteiger partial charge in [-0.3, -0.25) is 15.1 Å². The first-order valence-corrected chi connectivity index (χ1v) is 10.9. The Bertz CT molecular complexity index is 1370. The maximum atomic E-state index is 12.7. The maximum absolute atomic E-state index is 12.7. The number of nitrogens with one attached hydrogen (secondary N) is 1. The highest BCUT2D eigenvalue weighted by molar-refractivity contribution is 7.91. The Balaban J connectivity index is 1.55. The summed E-state index contributed by atoms with van der Waals surface area (Å²) in [6.07, 6.45) is 1.61. The molecule has 32 heavy (non-hydrogen) atoms. The van der Waals surface area contributed by atoms with E-state index in [-0.39, 0.29) is 27.1 Å². The second-order valence-corrected chi connectivity index (χ2v) is 8.67. The average molecular weight is 447 g/mol. The van der Waals surface area contributed by atoms with Gasteiger partial charge in [0.2, 0.25) is 15.8 Å². The predicted octanol–water partition coefficient (Wildman–Crippen LogP) is 3.03. The van der Waals surface area contributed by atoms with E-state index in [9.17, 15) is 18.3 Å². The third-order valence-electron chi connectivity index (χ3n) is 4.44. The van der Waals surface area contributed by atoms with Crippen molar-refractivity contribution in [3.05, 3.63) is 84.3 Å². The van der Waals surface area contributed by atoms with E-state index >= 15 is 0 Å². The lowest BCUT2D eigenvalue weighted by Crippen LogP contribution is -2.16. The van der Waals surface area contributed by atoms with Crippen molar-refractivity contribution in [1.29, 1.82) is 0 Å². The molecule has 0 aliphatic heterocycles. The number of aryl methyl sites for hydroxylation is 1. The topological polar surface area (TPSA) is 135 Å². The lowest BCUT2D eigenvalue weighted by molar-refractivity contribution is 0.102. The van der Waals surface area contributed by atoms with Crippen molar-refractivity contribution in [2.75, 3.05) is 5.32 Å². The zero-order valence-corrected chi connectivity index (χ0v) is 17.6. The molecule has 0 radical (unpaired) electrons. The van der Waals surface area contributed by atoms with Gasteiger partial charge in [-0.05, 0) is 67.6 Å². The maximum Gasteiger partial charge on any atom is 0.258 e. The Labute approximate surface area is 183 Å². The summed E-state index contributed by atoms with van der Waals surface area (Å²) in [5.41, 5.74) is 0.768. The quantitative estimate of drug-likeness (QED) is 0.477. The smallest absolute Gasteiger partial charge is 0.258 e. The van der Waals surface area contributed by atoms with Crippen LogP contribution in [0.3, 0.4) is 0 Å². The molecule has 4 aromatic rings.